The Morgan fingerprint density at radius 1 is 1.29 bits per heavy atom. The van der Waals surface area contributed by atoms with Crippen molar-refractivity contribution in [3.8, 4) is 6.07 Å². The average molecular weight is 187 g/mol. The van der Waals surface area contributed by atoms with Crippen molar-refractivity contribution in [2.24, 2.45) is 0 Å². The zero-order valence-electron chi connectivity index (χ0n) is 8.16. The van der Waals surface area contributed by atoms with Crippen molar-refractivity contribution < 1.29 is 0 Å². The Balaban J connectivity index is 2.12. The number of hydrogen-bond acceptors (Lipinski definition) is 2. The summed E-state index contributed by atoms with van der Waals surface area (Å²) in [6, 6.07) is 2.86. The molecule has 14 heavy (non-hydrogen) atoms. The molecule has 1 fully saturated rings. The molecule has 0 N–H and O–H groups in total. The second kappa shape index (κ2) is 2.84. The number of nitrogens with zero attached hydrogens (tertiary/aromatic N) is 3. The predicted octanol–water partition coefficient (Wildman–Crippen LogP) is 1.97. The van der Waals surface area contributed by atoms with Gasteiger partial charge < -0.3 is 0 Å². The fourth-order valence-electron chi connectivity index (χ4n) is 2.28. The standard InChI is InChI=1S/C11H13N3/c12-7-11-9-3-1-2-4-10(9)13-14(11)8-5-6-8/h8H,1-6H2. The SMILES string of the molecule is N#Cc1c2c(nn1C1CC1)CCCC2. The molecule has 1 heterocycles. The van der Waals surface area contributed by atoms with Gasteiger partial charge in [0.1, 0.15) is 11.8 Å². The molecule has 2 aliphatic rings. The van der Waals surface area contributed by atoms with E-state index in [1.165, 1.54) is 36.9 Å². The highest BCUT2D eigenvalue weighted by Gasteiger charge is 2.30. The summed E-state index contributed by atoms with van der Waals surface area (Å²) in [6.45, 7) is 0. The average Bonchev–Trinajstić information content (AvgIpc) is 2.99. The van der Waals surface area contributed by atoms with E-state index in [-0.39, 0.29) is 0 Å². The molecule has 0 aromatic carbocycles. The minimum atomic E-state index is 0.537. The monoisotopic (exact) mass is 187 g/mol. The van der Waals surface area contributed by atoms with Gasteiger partial charge in [0.2, 0.25) is 0 Å². The van der Waals surface area contributed by atoms with Crippen LogP contribution in [0.4, 0.5) is 0 Å². The number of aryl methyl sites for hydroxylation is 1. The summed E-state index contributed by atoms with van der Waals surface area (Å²) in [5.41, 5.74) is 3.28. The largest absolute Gasteiger partial charge is 0.251 e. The van der Waals surface area contributed by atoms with E-state index < -0.39 is 0 Å². The van der Waals surface area contributed by atoms with E-state index in [2.05, 4.69) is 11.2 Å². The lowest BCUT2D eigenvalue weighted by atomic mass is 9.96. The number of hydrogen-bond donors (Lipinski definition) is 0. The van der Waals surface area contributed by atoms with E-state index in [1.54, 1.807) is 0 Å². The molecule has 0 bridgehead atoms. The van der Waals surface area contributed by atoms with Gasteiger partial charge in [0, 0.05) is 5.56 Å². The molecule has 1 aromatic heterocycles. The normalized spacial score (nSPS) is 20.2. The molecule has 3 nitrogen and oxygen atoms in total. The topological polar surface area (TPSA) is 41.6 Å². The van der Waals surface area contributed by atoms with Crippen molar-refractivity contribution in [2.45, 2.75) is 44.6 Å². The zero-order chi connectivity index (χ0) is 9.54. The highest BCUT2D eigenvalue weighted by atomic mass is 15.3. The molecule has 0 unspecified atom stereocenters. The van der Waals surface area contributed by atoms with Crippen molar-refractivity contribution >= 4 is 0 Å². The smallest absolute Gasteiger partial charge is 0.142 e. The first-order valence-corrected chi connectivity index (χ1v) is 5.40. The molecule has 1 aromatic rings. The second-order valence-electron chi connectivity index (χ2n) is 4.27. The Bertz CT molecular complexity index is 407. The van der Waals surface area contributed by atoms with Gasteiger partial charge in [-0.15, -0.1) is 0 Å². The Hall–Kier alpha value is -1.30. The van der Waals surface area contributed by atoms with Crippen molar-refractivity contribution in [3.05, 3.63) is 17.0 Å². The molecule has 0 atom stereocenters. The molecule has 0 saturated heterocycles. The molecular weight excluding hydrogens is 174 g/mol. The second-order valence-corrected chi connectivity index (χ2v) is 4.27. The number of fused-ring (bicyclic) bond motifs is 1. The van der Waals surface area contributed by atoms with Crippen LogP contribution in [0.25, 0.3) is 0 Å². The van der Waals surface area contributed by atoms with Gasteiger partial charge in [-0.2, -0.15) is 10.4 Å². The molecule has 3 rings (SSSR count). The summed E-state index contributed by atoms with van der Waals surface area (Å²) in [5, 5.41) is 13.7. The summed E-state index contributed by atoms with van der Waals surface area (Å²) in [5.74, 6) is 0. The highest BCUT2D eigenvalue weighted by molar-refractivity contribution is 5.37. The first kappa shape index (κ1) is 8.05. The van der Waals surface area contributed by atoms with Crippen LogP contribution in [0, 0.1) is 11.3 Å². The summed E-state index contributed by atoms with van der Waals surface area (Å²) >= 11 is 0. The van der Waals surface area contributed by atoms with E-state index in [4.69, 9.17) is 5.26 Å². The van der Waals surface area contributed by atoms with E-state index in [0.29, 0.717) is 6.04 Å². The lowest BCUT2D eigenvalue weighted by molar-refractivity contribution is 0.614. The van der Waals surface area contributed by atoms with E-state index in [0.717, 1.165) is 18.5 Å². The predicted molar refractivity (Wildman–Crippen MR) is 51.9 cm³/mol. The van der Waals surface area contributed by atoms with Gasteiger partial charge in [-0.05, 0) is 38.5 Å². The lowest BCUT2D eigenvalue weighted by Crippen LogP contribution is -2.01. The maximum atomic E-state index is 9.13. The Labute approximate surface area is 83.3 Å². The third-order valence-corrected chi connectivity index (χ3v) is 3.18. The number of nitriles is 1. The minimum absolute atomic E-state index is 0.537. The fraction of sp³-hybridized carbons (Fsp3) is 0.636. The molecular formula is C11H13N3. The van der Waals surface area contributed by atoms with Crippen LogP contribution in [-0.2, 0) is 12.8 Å². The summed E-state index contributed by atoms with van der Waals surface area (Å²) < 4.78 is 1.98. The zero-order valence-corrected chi connectivity index (χ0v) is 8.16. The molecule has 0 aliphatic heterocycles. The van der Waals surface area contributed by atoms with Crippen LogP contribution in [-0.4, -0.2) is 9.78 Å². The van der Waals surface area contributed by atoms with Crippen LogP contribution in [0.5, 0.6) is 0 Å². The molecule has 1 saturated carbocycles. The van der Waals surface area contributed by atoms with Gasteiger partial charge in [-0.25, -0.2) is 0 Å². The summed E-state index contributed by atoms with van der Waals surface area (Å²) in [7, 11) is 0. The summed E-state index contributed by atoms with van der Waals surface area (Å²) in [4.78, 5) is 0. The minimum Gasteiger partial charge on any atom is -0.251 e. The fourth-order valence-corrected chi connectivity index (χ4v) is 2.28. The van der Waals surface area contributed by atoms with E-state index >= 15 is 0 Å². The van der Waals surface area contributed by atoms with E-state index in [9.17, 15) is 0 Å². The first-order valence-electron chi connectivity index (χ1n) is 5.40. The van der Waals surface area contributed by atoms with Crippen LogP contribution in [0.1, 0.15) is 48.7 Å². The van der Waals surface area contributed by atoms with Gasteiger partial charge in [0.25, 0.3) is 0 Å². The van der Waals surface area contributed by atoms with Crippen molar-refractivity contribution in [1.29, 1.82) is 5.26 Å². The van der Waals surface area contributed by atoms with Gasteiger partial charge in [0.05, 0.1) is 11.7 Å². The van der Waals surface area contributed by atoms with Crippen molar-refractivity contribution in [1.82, 2.24) is 9.78 Å². The van der Waals surface area contributed by atoms with E-state index in [1.807, 2.05) is 4.68 Å². The van der Waals surface area contributed by atoms with Crippen LogP contribution >= 0.6 is 0 Å². The molecule has 3 heteroatoms. The lowest BCUT2D eigenvalue weighted by Gasteiger charge is -2.07. The Kier molecular flexibility index (Phi) is 1.63. The molecule has 72 valence electrons. The van der Waals surface area contributed by atoms with Crippen molar-refractivity contribution in [2.75, 3.05) is 0 Å². The highest BCUT2D eigenvalue weighted by Crippen LogP contribution is 2.37. The third-order valence-electron chi connectivity index (χ3n) is 3.18. The van der Waals surface area contributed by atoms with Crippen molar-refractivity contribution in [3.63, 3.8) is 0 Å². The third kappa shape index (κ3) is 1.07. The van der Waals surface area contributed by atoms with Gasteiger partial charge in [0.15, 0.2) is 0 Å². The van der Waals surface area contributed by atoms with Gasteiger partial charge >= 0.3 is 0 Å². The number of aromatic nitrogens is 2. The quantitative estimate of drug-likeness (QED) is 0.674. The van der Waals surface area contributed by atoms with Gasteiger partial charge in [-0.1, -0.05) is 0 Å². The maximum absolute atomic E-state index is 9.13. The first-order chi connectivity index (χ1) is 6.90. The Morgan fingerprint density at radius 2 is 2.07 bits per heavy atom. The van der Waals surface area contributed by atoms with Crippen LogP contribution in [0.3, 0.4) is 0 Å². The maximum Gasteiger partial charge on any atom is 0.142 e. The van der Waals surface area contributed by atoms with Crippen LogP contribution in [0.2, 0.25) is 0 Å². The molecule has 0 amide bonds. The Morgan fingerprint density at radius 3 is 2.79 bits per heavy atom. The molecule has 0 spiro atoms. The number of rotatable bonds is 1. The van der Waals surface area contributed by atoms with Gasteiger partial charge in [-0.3, -0.25) is 4.68 Å². The van der Waals surface area contributed by atoms with Crippen LogP contribution in [0.15, 0.2) is 0 Å². The molecule has 0 radical (unpaired) electrons. The van der Waals surface area contributed by atoms with Crippen LogP contribution < -0.4 is 0 Å². The molecule has 2 aliphatic carbocycles. The summed E-state index contributed by atoms with van der Waals surface area (Å²) in [6.07, 6.45) is 7.00.